The molecule has 1 heterocycles. The summed E-state index contributed by atoms with van der Waals surface area (Å²) in [6.07, 6.45) is 0.838. The van der Waals surface area contributed by atoms with Crippen LogP contribution in [0.15, 0.2) is 22.8 Å². The maximum atomic E-state index is 10.4. The predicted octanol–water partition coefficient (Wildman–Crippen LogP) is 1.83. The van der Waals surface area contributed by atoms with Crippen molar-refractivity contribution >= 4 is 21.9 Å². The van der Waals surface area contributed by atoms with Crippen LogP contribution < -0.4 is 0 Å². The molecule has 0 radical (unpaired) electrons. The minimum Gasteiger partial charge on any atom is -0.479 e. The summed E-state index contributed by atoms with van der Waals surface area (Å²) in [5.41, 5.74) is 0.710. The highest BCUT2D eigenvalue weighted by molar-refractivity contribution is 9.10. The molecule has 14 heavy (non-hydrogen) atoms. The van der Waals surface area contributed by atoms with Crippen molar-refractivity contribution in [2.45, 2.75) is 19.6 Å². The number of aromatic nitrogens is 1. The van der Waals surface area contributed by atoms with Crippen LogP contribution >= 0.6 is 15.9 Å². The van der Waals surface area contributed by atoms with Crippen LogP contribution in [0.1, 0.15) is 12.6 Å². The largest absolute Gasteiger partial charge is 0.479 e. The van der Waals surface area contributed by atoms with Gasteiger partial charge in [0.05, 0.1) is 12.3 Å². The van der Waals surface area contributed by atoms with Gasteiger partial charge in [0.1, 0.15) is 0 Å². The van der Waals surface area contributed by atoms with Crippen LogP contribution in [0.5, 0.6) is 0 Å². The van der Waals surface area contributed by atoms with E-state index in [9.17, 15) is 4.79 Å². The maximum absolute atomic E-state index is 10.4. The van der Waals surface area contributed by atoms with E-state index < -0.39 is 12.1 Å². The predicted molar refractivity (Wildman–Crippen MR) is 53.8 cm³/mol. The van der Waals surface area contributed by atoms with Crippen LogP contribution in [0.2, 0.25) is 0 Å². The number of carboxylic acids is 1. The zero-order chi connectivity index (χ0) is 10.6. The molecule has 1 rings (SSSR count). The zero-order valence-electron chi connectivity index (χ0n) is 7.61. The van der Waals surface area contributed by atoms with Crippen LogP contribution in [0.25, 0.3) is 0 Å². The smallest absolute Gasteiger partial charge is 0.332 e. The summed E-state index contributed by atoms with van der Waals surface area (Å²) in [5, 5.41) is 8.55. The van der Waals surface area contributed by atoms with Crippen molar-refractivity contribution in [1.29, 1.82) is 0 Å². The van der Waals surface area contributed by atoms with Crippen LogP contribution in [0, 0.1) is 0 Å². The molecule has 0 aliphatic carbocycles. The summed E-state index contributed by atoms with van der Waals surface area (Å²) in [6, 6.07) is 3.61. The molecule has 76 valence electrons. The normalized spacial score (nSPS) is 12.4. The molecule has 0 saturated carbocycles. The van der Waals surface area contributed by atoms with E-state index in [0.717, 1.165) is 4.47 Å². The maximum Gasteiger partial charge on any atom is 0.332 e. The van der Waals surface area contributed by atoms with Gasteiger partial charge in [-0.3, -0.25) is 4.98 Å². The average molecular weight is 260 g/mol. The lowest BCUT2D eigenvalue weighted by Crippen LogP contribution is -2.19. The lowest BCUT2D eigenvalue weighted by atomic mass is 10.3. The van der Waals surface area contributed by atoms with Gasteiger partial charge in [-0.2, -0.15) is 0 Å². The Labute approximate surface area is 90.0 Å². The lowest BCUT2D eigenvalue weighted by Gasteiger charge is -2.07. The molecule has 1 atom stereocenters. The molecular weight excluding hydrogens is 250 g/mol. The molecule has 0 aliphatic rings. The molecule has 0 aliphatic heterocycles. The number of pyridine rings is 1. The Morgan fingerprint density at radius 2 is 2.43 bits per heavy atom. The monoisotopic (exact) mass is 259 g/mol. The first-order valence-electron chi connectivity index (χ1n) is 4.04. The van der Waals surface area contributed by atoms with Crippen molar-refractivity contribution in [2.24, 2.45) is 0 Å². The summed E-state index contributed by atoms with van der Waals surface area (Å²) in [5.74, 6) is -0.970. The van der Waals surface area contributed by atoms with E-state index in [4.69, 9.17) is 9.84 Å². The number of carboxylic acid groups (broad SMARTS) is 1. The lowest BCUT2D eigenvalue weighted by molar-refractivity contribution is -0.149. The summed E-state index contributed by atoms with van der Waals surface area (Å²) in [6.45, 7) is 1.70. The van der Waals surface area contributed by atoms with Gasteiger partial charge in [0.15, 0.2) is 6.10 Å². The van der Waals surface area contributed by atoms with Gasteiger partial charge in [-0.05, 0) is 35.0 Å². The van der Waals surface area contributed by atoms with Gasteiger partial charge in [0.2, 0.25) is 0 Å². The van der Waals surface area contributed by atoms with E-state index >= 15 is 0 Å². The van der Waals surface area contributed by atoms with Crippen molar-refractivity contribution in [3.63, 3.8) is 0 Å². The Morgan fingerprint density at radius 1 is 1.71 bits per heavy atom. The van der Waals surface area contributed by atoms with E-state index in [0.29, 0.717) is 5.69 Å². The standard InChI is InChI=1S/C9H10BrNO3/c1-6(9(12)13)14-5-8-3-2-7(10)4-11-8/h2-4,6H,5H2,1H3,(H,12,13). The first-order valence-corrected chi connectivity index (χ1v) is 4.83. The second-order valence-corrected chi connectivity index (χ2v) is 3.67. The van der Waals surface area contributed by atoms with Crippen molar-refractivity contribution in [3.8, 4) is 0 Å². The second kappa shape index (κ2) is 5.07. The summed E-state index contributed by atoms with van der Waals surface area (Å²) < 4.78 is 5.93. The molecule has 0 amide bonds. The number of aliphatic carboxylic acids is 1. The highest BCUT2D eigenvalue weighted by atomic mass is 79.9. The van der Waals surface area contributed by atoms with Gasteiger partial charge in [-0.1, -0.05) is 0 Å². The Bertz CT molecular complexity index is 312. The highest BCUT2D eigenvalue weighted by Gasteiger charge is 2.10. The third-order valence-electron chi connectivity index (χ3n) is 1.62. The van der Waals surface area contributed by atoms with Gasteiger partial charge in [-0.25, -0.2) is 4.79 Å². The van der Waals surface area contributed by atoms with E-state index in [1.54, 1.807) is 12.3 Å². The molecule has 1 aromatic heterocycles. The molecule has 1 N–H and O–H groups in total. The summed E-state index contributed by atoms with van der Waals surface area (Å²) in [7, 11) is 0. The third kappa shape index (κ3) is 3.43. The van der Waals surface area contributed by atoms with Crippen LogP contribution in [-0.4, -0.2) is 22.2 Å². The Kier molecular flexibility index (Phi) is 4.03. The first-order chi connectivity index (χ1) is 6.59. The molecule has 1 aromatic rings. The van der Waals surface area contributed by atoms with Gasteiger partial charge in [0, 0.05) is 10.7 Å². The van der Waals surface area contributed by atoms with E-state index in [-0.39, 0.29) is 6.61 Å². The van der Waals surface area contributed by atoms with Crippen molar-refractivity contribution in [1.82, 2.24) is 4.98 Å². The molecule has 0 bridgehead atoms. The Hall–Kier alpha value is -0.940. The molecule has 1 unspecified atom stereocenters. The molecule has 0 fully saturated rings. The number of hydrogen-bond acceptors (Lipinski definition) is 3. The molecular formula is C9H10BrNO3. The minimum absolute atomic E-state index is 0.209. The summed E-state index contributed by atoms with van der Waals surface area (Å²) >= 11 is 3.25. The quantitative estimate of drug-likeness (QED) is 0.897. The van der Waals surface area contributed by atoms with Crippen LogP contribution in [-0.2, 0) is 16.1 Å². The number of carbonyl (C=O) groups is 1. The molecule has 0 aromatic carbocycles. The van der Waals surface area contributed by atoms with Gasteiger partial charge in [-0.15, -0.1) is 0 Å². The number of rotatable bonds is 4. The molecule has 0 saturated heterocycles. The number of ether oxygens (including phenoxy) is 1. The first kappa shape index (κ1) is 11.1. The van der Waals surface area contributed by atoms with Gasteiger partial charge < -0.3 is 9.84 Å². The fourth-order valence-corrected chi connectivity index (χ4v) is 1.01. The molecule has 5 heteroatoms. The summed E-state index contributed by atoms with van der Waals surface area (Å²) in [4.78, 5) is 14.5. The van der Waals surface area contributed by atoms with Crippen LogP contribution in [0.3, 0.4) is 0 Å². The second-order valence-electron chi connectivity index (χ2n) is 2.76. The zero-order valence-corrected chi connectivity index (χ0v) is 9.19. The van der Waals surface area contributed by atoms with Gasteiger partial charge >= 0.3 is 5.97 Å². The fraction of sp³-hybridized carbons (Fsp3) is 0.333. The Morgan fingerprint density at radius 3 is 2.93 bits per heavy atom. The van der Waals surface area contributed by atoms with Crippen LogP contribution in [0.4, 0.5) is 0 Å². The topological polar surface area (TPSA) is 59.4 Å². The van der Waals surface area contributed by atoms with Crippen molar-refractivity contribution < 1.29 is 14.6 Å². The minimum atomic E-state index is -0.970. The fourth-order valence-electron chi connectivity index (χ4n) is 0.773. The van der Waals surface area contributed by atoms with E-state index in [1.165, 1.54) is 6.92 Å². The average Bonchev–Trinajstić information content (AvgIpc) is 2.16. The molecule has 4 nitrogen and oxygen atoms in total. The number of nitrogens with zero attached hydrogens (tertiary/aromatic N) is 1. The Balaban J connectivity index is 2.46. The van der Waals surface area contributed by atoms with Crippen molar-refractivity contribution in [2.75, 3.05) is 0 Å². The number of halogens is 1. The highest BCUT2D eigenvalue weighted by Crippen LogP contribution is 2.08. The number of hydrogen-bond donors (Lipinski definition) is 1. The third-order valence-corrected chi connectivity index (χ3v) is 2.09. The van der Waals surface area contributed by atoms with E-state index in [1.807, 2.05) is 6.07 Å². The van der Waals surface area contributed by atoms with Gasteiger partial charge in [0.25, 0.3) is 0 Å². The van der Waals surface area contributed by atoms with E-state index in [2.05, 4.69) is 20.9 Å². The molecule has 0 spiro atoms. The van der Waals surface area contributed by atoms with Crippen molar-refractivity contribution in [3.05, 3.63) is 28.5 Å². The SMILES string of the molecule is CC(OCc1ccc(Br)cn1)C(=O)O.